The number of allylic oxidation sites excluding steroid dienone is 16. The molecule has 0 saturated carbocycles. The fourth-order valence-electron chi connectivity index (χ4n) is 4.61. The number of esters is 2. The van der Waals surface area contributed by atoms with Crippen LogP contribution in [0.1, 0.15) is 129 Å². The van der Waals surface area contributed by atoms with Gasteiger partial charge in [-0.15, -0.1) is 0 Å². The Morgan fingerprint density at radius 2 is 0.981 bits per heavy atom. The van der Waals surface area contributed by atoms with Crippen molar-refractivity contribution in [2.24, 2.45) is 5.73 Å². The summed E-state index contributed by atoms with van der Waals surface area (Å²) in [6.45, 7) is 3.39. The van der Waals surface area contributed by atoms with Crippen LogP contribution < -0.4 is 5.73 Å². The number of nitrogens with two attached hydrogens (primary N) is 1. The molecule has 0 fully saturated rings. The van der Waals surface area contributed by atoms with Gasteiger partial charge in [-0.1, -0.05) is 124 Å². The maximum atomic E-state index is 12.5. The lowest BCUT2D eigenvalue weighted by molar-refractivity contribution is -0.161. The summed E-state index contributed by atoms with van der Waals surface area (Å²) >= 11 is 0. The van der Waals surface area contributed by atoms with E-state index in [-0.39, 0.29) is 32.6 Å². The van der Waals surface area contributed by atoms with Crippen LogP contribution in [-0.2, 0) is 32.7 Å². The molecule has 0 aliphatic heterocycles. The van der Waals surface area contributed by atoms with E-state index in [4.69, 9.17) is 24.3 Å². The molecule has 0 rings (SSSR count). The third kappa shape index (κ3) is 38.5. The minimum absolute atomic E-state index is 0.0375. The molecule has 0 aliphatic rings. The summed E-state index contributed by atoms with van der Waals surface area (Å²) in [5.41, 5.74) is 5.33. The average Bonchev–Trinajstić information content (AvgIpc) is 3.14. The molecule has 0 bridgehead atoms. The Hall–Kier alpha value is -3.07. The Morgan fingerprint density at radius 1 is 0.566 bits per heavy atom. The molecule has 3 N–H and O–H groups in total. The first kappa shape index (κ1) is 49.9. The van der Waals surface area contributed by atoms with E-state index in [1.54, 1.807) is 0 Å². The maximum Gasteiger partial charge on any atom is 0.472 e. The number of carbonyl (C=O) groups excluding carboxylic acids is 2. The van der Waals surface area contributed by atoms with Crippen molar-refractivity contribution in [3.05, 3.63) is 97.2 Å². The number of rotatable bonds is 35. The number of carbonyl (C=O) groups is 2. The zero-order valence-corrected chi connectivity index (χ0v) is 33.6. The van der Waals surface area contributed by atoms with Crippen LogP contribution >= 0.6 is 7.82 Å². The van der Waals surface area contributed by atoms with E-state index >= 15 is 0 Å². The Balaban J connectivity index is 4.34. The Kier molecular flexibility index (Phi) is 36.4. The van der Waals surface area contributed by atoms with Gasteiger partial charge < -0.3 is 20.1 Å². The molecule has 0 aromatic carbocycles. The summed E-state index contributed by atoms with van der Waals surface area (Å²) in [6, 6.07) is 0. The van der Waals surface area contributed by atoms with Gasteiger partial charge in [0.15, 0.2) is 6.10 Å². The van der Waals surface area contributed by atoms with E-state index < -0.39 is 32.5 Å². The van der Waals surface area contributed by atoms with Gasteiger partial charge in [0.25, 0.3) is 0 Å². The monoisotopic (exact) mass is 759 g/mol. The zero-order valence-electron chi connectivity index (χ0n) is 32.7. The summed E-state index contributed by atoms with van der Waals surface area (Å²) in [4.78, 5) is 34.7. The second kappa shape index (κ2) is 38.6. The molecule has 10 heteroatoms. The number of hydrogen-bond donors (Lipinski definition) is 2. The molecular formula is C43H70NO8P. The van der Waals surface area contributed by atoms with Crippen molar-refractivity contribution >= 4 is 19.8 Å². The fourth-order valence-corrected chi connectivity index (χ4v) is 5.38. The number of hydrogen-bond acceptors (Lipinski definition) is 8. The third-order valence-electron chi connectivity index (χ3n) is 7.47. The van der Waals surface area contributed by atoms with Crippen molar-refractivity contribution < 1.29 is 37.6 Å². The van der Waals surface area contributed by atoms with Crippen molar-refractivity contribution in [2.75, 3.05) is 26.4 Å². The number of unbranched alkanes of at least 4 members (excludes halogenated alkanes) is 6. The number of ether oxygens (including phenoxy) is 2. The summed E-state index contributed by atoms with van der Waals surface area (Å²) < 4.78 is 32.6. The standard InChI is InChI=1S/C43H70NO8P/c1-3-5-7-9-11-13-15-17-18-19-20-21-22-24-26-28-30-32-34-36-43(46)52-41(40-51-53(47,48)50-38-37-44)39-49-42(45)35-33-31-29-27-25-23-16-14-12-10-8-6-4-2/h5-8,11-14,17-18,20-21,23-26,41H,3-4,9-10,15-16,19,22,27-40,44H2,1-2H3,(H,47,48)/b7-5-,8-6-,13-11-,14-12-,18-17-,21-20-,25-23-,26-24-. The van der Waals surface area contributed by atoms with Crippen LogP contribution in [0, 0.1) is 0 Å². The normalized spacial score (nSPS) is 14.4. The lowest BCUT2D eigenvalue weighted by Gasteiger charge is -2.19. The Bertz CT molecular complexity index is 1180. The van der Waals surface area contributed by atoms with Crippen LogP contribution in [0.15, 0.2) is 97.2 Å². The highest BCUT2D eigenvalue weighted by Gasteiger charge is 2.25. The van der Waals surface area contributed by atoms with Crippen LogP contribution in [0.2, 0.25) is 0 Å². The fraction of sp³-hybridized carbons (Fsp3) is 0.581. The average molecular weight is 760 g/mol. The molecule has 300 valence electrons. The van der Waals surface area contributed by atoms with Gasteiger partial charge in [0.1, 0.15) is 6.61 Å². The summed E-state index contributed by atoms with van der Waals surface area (Å²) in [5.74, 6) is -0.914. The molecule has 0 radical (unpaired) electrons. The molecule has 0 spiro atoms. The molecule has 0 saturated heterocycles. The molecule has 9 nitrogen and oxygen atoms in total. The van der Waals surface area contributed by atoms with E-state index in [9.17, 15) is 19.0 Å². The second-order valence-corrected chi connectivity index (χ2v) is 13.8. The van der Waals surface area contributed by atoms with E-state index in [0.29, 0.717) is 12.8 Å². The van der Waals surface area contributed by atoms with E-state index in [1.165, 1.54) is 0 Å². The van der Waals surface area contributed by atoms with Crippen LogP contribution in [0.3, 0.4) is 0 Å². The van der Waals surface area contributed by atoms with Crippen LogP contribution in [-0.4, -0.2) is 49.3 Å². The first-order valence-corrected chi connectivity index (χ1v) is 21.2. The summed E-state index contributed by atoms with van der Waals surface area (Å²) in [5, 5.41) is 0. The van der Waals surface area contributed by atoms with Gasteiger partial charge in [-0.2, -0.15) is 0 Å². The Labute approximate surface area is 321 Å². The predicted molar refractivity (Wildman–Crippen MR) is 219 cm³/mol. The number of phosphoric ester groups is 1. The molecule has 53 heavy (non-hydrogen) atoms. The first-order valence-electron chi connectivity index (χ1n) is 19.7. The topological polar surface area (TPSA) is 134 Å². The van der Waals surface area contributed by atoms with E-state index in [0.717, 1.165) is 89.9 Å². The van der Waals surface area contributed by atoms with E-state index in [2.05, 4.69) is 111 Å². The van der Waals surface area contributed by atoms with Crippen LogP contribution in [0.25, 0.3) is 0 Å². The van der Waals surface area contributed by atoms with Crippen molar-refractivity contribution in [3.8, 4) is 0 Å². The van der Waals surface area contributed by atoms with Gasteiger partial charge in [0.2, 0.25) is 0 Å². The highest BCUT2D eigenvalue weighted by atomic mass is 31.2. The zero-order chi connectivity index (χ0) is 38.9. The minimum atomic E-state index is -4.40. The highest BCUT2D eigenvalue weighted by Crippen LogP contribution is 2.43. The van der Waals surface area contributed by atoms with Gasteiger partial charge in [0, 0.05) is 19.4 Å². The van der Waals surface area contributed by atoms with Crippen molar-refractivity contribution in [1.29, 1.82) is 0 Å². The minimum Gasteiger partial charge on any atom is -0.462 e. The van der Waals surface area contributed by atoms with Gasteiger partial charge in [-0.25, -0.2) is 4.57 Å². The summed E-state index contributed by atoms with van der Waals surface area (Å²) in [7, 11) is -4.40. The largest absolute Gasteiger partial charge is 0.472 e. The van der Waals surface area contributed by atoms with E-state index in [1.807, 2.05) is 0 Å². The molecule has 0 heterocycles. The molecule has 2 atom stereocenters. The van der Waals surface area contributed by atoms with Crippen molar-refractivity contribution in [1.82, 2.24) is 0 Å². The summed E-state index contributed by atoms with van der Waals surface area (Å²) in [6.07, 6.45) is 48.7. The molecule has 0 aromatic heterocycles. The van der Waals surface area contributed by atoms with Gasteiger partial charge in [0.05, 0.1) is 13.2 Å². The Morgan fingerprint density at radius 3 is 1.42 bits per heavy atom. The smallest absolute Gasteiger partial charge is 0.462 e. The molecular weight excluding hydrogens is 689 g/mol. The molecule has 0 amide bonds. The number of phosphoric acid groups is 1. The van der Waals surface area contributed by atoms with Crippen LogP contribution in [0.5, 0.6) is 0 Å². The van der Waals surface area contributed by atoms with Gasteiger partial charge in [-0.3, -0.25) is 18.6 Å². The quantitative estimate of drug-likeness (QED) is 0.0280. The molecule has 2 unspecified atom stereocenters. The SMILES string of the molecule is CC/C=C\C/C=C\C/C=C\C/C=C\C/C=C\CCCCCC(=O)OC(COC(=O)CCCCC/C=C\C/C=C\C/C=C\CC)COP(=O)(O)OCCN. The maximum absolute atomic E-state index is 12.5. The van der Waals surface area contributed by atoms with Crippen molar-refractivity contribution in [2.45, 2.75) is 136 Å². The molecule has 0 aromatic rings. The third-order valence-corrected chi connectivity index (χ3v) is 8.45. The lowest BCUT2D eigenvalue weighted by Crippen LogP contribution is -2.29. The highest BCUT2D eigenvalue weighted by molar-refractivity contribution is 7.47. The lowest BCUT2D eigenvalue weighted by atomic mass is 10.1. The predicted octanol–water partition coefficient (Wildman–Crippen LogP) is 11.0. The van der Waals surface area contributed by atoms with Crippen molar-refractivity contribution in [3.63, 3.8) is 0 Å². The van der Waals surface area contributed by atoms with Crippen LogP contribution in [0.4, 0.5) is 0 Å². The van der Waals surface area contributed by atoms with Gasteiger partial charge in [-0.05, 0) is 89.9 Å². The first-order chi connectivity index (χ1) is 25.8. The van der Waals surface area contributed by atoms with Gasteiger partial charge >= 0.3 is 19.8 Å². The molecule has 0 aliphatic carbocycles. The second-order valence-electron chi connectivity index (χ2n) is 12.4.